The lowest BCUT2D eigenvalue weighted by Gasteiger charge is -2.08. The van der Waals surface area contributed by atoms with Crippen LogP contribution in [0.4, 0.5) is 5.82 Å². The smallest absolute Gasteiger partial charge is 0.142 e. The SMILES string of the molecule is COc1cc2ncc(N)nc2cc1-c1cccs1. The Morgan fingerprint density at radius 1 is 1.28 bits per heavy atom. The van der Waals surface area contributed by atoms with E-state index >= 15 is 0 Å². The minimum Gasteiger partial charge on any atom is -0.496 e. The standard InChI is InChI=1S/C13H11N3OS/c1-17-11-6-9-10(16-13(14)7-15-9)5-8(11)12-3-2-4-18-12/h2-7H,1H3,(H2,14,16). The second kappa shape index (κ2) is 4.27. The Kier molecular flexibility index (Phi) is 2.60. The van der Waals surface area contributed by atoms with Crippen LogP contribution in [0, 0.1) is 0 Å². The minimum atomic E-state index is 0.421. The van der Waals surface area contributed by atoms with Crippen LogP contribution in [0.1, 0.15) is 0 Å². The van der Waals surface area contributed by atoms with Crippen LogP contribution in [0.15, 0.2) is 35.8 Å². The Morgan fingerprint density at radius 3 is 2.89 bits per heavy atom. The van der Waals surface area contributed by atoms with Gasteiger partial charge in [0.25, 0.3) is 0 Å². The van der Waals surface area contributed by atoms with Crippen LogP contribution in [0.5, 0.6) is 5.75 Å². The summed E-state index contributed by atoms with van der Waals surface area (Å²) in [6.45, 7) is 0. The number of fused-ring (bicyclic) bond motifs is 1. The normalized spacial score (nSPS) is 10.7. The summed E-state index contributed by atoms with van der Waals surface area (Å²) in [5, 5.41) is 2.03. The fourth-order valence-electron chi connectivity index (χ4n) is 1.85. The van der Waals surface area contributed by atoms with Crippen molar-refractivity contribution < 1.29 is 4.74 Å². The quantitative estimate of drug-likeness (QED) is 0.766. The van der Waals surface area contributed by atoms with Gasteiger partial charge < -0.3 is 10.5 Å². The molecule has 18 heavy (non-hydrogen) atoms. The van der Waals surface area contributed by atoms with Gasteiger partial charge in [0.05, 0.1) is 24.3 Å². The summed E-state index contributed by atoms with van der Waals surface area (Å²) in [6.07, 6.45) is 1.55. The lowest BCUT2D eigenvalue weighted by molar-refractivity contribution is 0.417. The average molecular weight is 257 g/mol. The molecule has 0 saturated heterocycles. The van der Waals surface area contributed by atoms with Gasteiger partial charge >= 0.3 is 0 Å². The van der Waals surface area contributed by atoms with Crippen molar-refractivity contribution in [2.45, 2.75) is 0 Å². The number of nitrogens with two attached hydrogens (primary N) is 1. The number of nitrogens with zero attached hydrogens (tertiary/aromatic N) is 2. The van der Waals surface area contributed by atoms with Crippen molar-refractivity contribution in [2.24, 2.45) is 0 Å². The molecule has 0 amide bonds. The molecular weight excluding hydrogens is 246 g/mol. The third-order valence-electron chi connectivity index (χ3n) is 2.67. The molecule has 0 aliphatic carbocycles. The largest absolute Gasteiger partial charge is 0.496 e. The number of hydrogen-bond acceptors (Lipinski definition) is 5. The van der Waals surface area contributed by atoms with E-state index in [-0.39, 0.29) is 0 Å². The van der Waals surface area contributed by atoms with E-state index in [0.29, 0.717) is 5.82 Å². The molecule has 0 fully saturated rings. The summed E-state index contributed by atoms with van der Waals surface area (Å²) in [7, 11) is 1.66. The predicted molar refractivity (Wildman–Crippen MR) is 73.8 cm³/mol. The minimum absolute atomic E-state index is 0.421. The highest BCUT2D eigenvalue weighted by Gasteiger charge is 2.10. The Hall–Kier alpha value is -2.14. The number of anilines is 1. The Balaban J connectivity index is 2.29. The summed E-state index contributed by atoms with van der Waals surface area (Å²) in [6, 6.07) is 7.91. The molecule has 90 valence electrons. The van der Waals surface area contributed by atoms with Crippen molar-refractivity contribution in [3.05, 3.63) is 35.8 Å². The van der Waals surface area contributed by atoms with Crippen molar-refractivity contribution in [1.82, 2.24) is 9.97 Å². The molecule has 2 aromatic heterocycles. The lowest BCUT2D eigenvalue weighted by Crippen LogP contribution is -1.94. The summed E-state index contributed by atoms with van der Waals surface area (Å²) in [4.78, 5) is 9.67. The summed E-state index contributed by atoms with van der Waals surface area (Å²) >= 11 is 1.66. The molecule has 0 saturated carbocycles. The van der Waals surface area contributed by atoms with Crippen LogP contribution in [0.25, 0.3) is 21.5 Å². The molecular formula is C13H11N3OS. The van der Waals surface area contributed by atoms with Gasteiger partial charge in [0.2, 0.25) is 0 Å². The van der Waals surface area contributed by atoms with Gasteiger partial charge in [-0.25, -0.2) is 4.98 Å². The van der Waals surface area contributed by atoms with E-state index in [0.717, 1.165) is 27.2 Å². The molecule has 1 aromatic carbocycles. The number of aromatic nitrogens is 2. The zero-order valence-corrected chi connectivity index (χ0v) is 10.6. The van der Waals surface area contributed by atoms with E-state index in [1.165, 1.54) is 0 Å². The first-order valence-corrected chi connectivity index (χ1v) is 6.30. The lowest BCUT2D eigenvalue weighted by atomic mass is 10.1. The fourth-order valence-corrected chi connectivity index (χ4v) is 2.59. The first-order valence-electron chi connectivity index (χ1n) is 5.42. The number of hydrogen-bond donors (Lipinski definition) is 1. The number of rotatable bonds is 2. The van der Waals surface area contributed by atoms with E-state index in [1.54, 1.807) is 24.6 Å². The van der Waals surface area contributed by atoms with E-state index in [9.17, 15) is 0 Å². The van der Waals surface area contributed by atoms with Gasteiger partial charge in [-0.1, -0.05) is 6.07 Å². The zero-order chi connectivity index (χ0) is 12.5. The van der Waals surface area contributed by atoms with Gasteiger partial charge in [-0.05, 0) is 17.5 Å². The van der Waals surface area contributed by atoms with Crippen LogP contribution in [0.3, 0.4) is 0 Å². The maximum absolute atomic E-state index is 5.66. The molecule has 0 spiro atoms. The number of methoxy groups -OCH3 is 1. The highest BCUT2D eigenvalue weighted by Crippen LogP contribution is 2.35. The first kappa shape index (κ1) is 11.0. The van der Waals surface area contributed by atoms with E-state index in [2.05, 4.69) is 9.97 Å². The van der Waals surface area contributed by atoms with Crippen molar-refractivity contribution in [3.8, 4) is 16.2 Å². The fraction of sp³-hybridized carbons (Fsp3) is 0.0769. The van der Waals surface area contributed by atoms with Gasteiger partial charge in [0.1, 0.15) is 11.6 Å². The van der Waals surface area contributed by atoms with Crippen molar-refractivity contribution in [2.75, 3.05) is 12.8 Å². The van der Waals surface area contributed by atoms with Crippen LogP contribution in [0.2, 0.25) is 0 Å². The third-order valence-corrected chi connectivity index (χ3v) is 3.57. The molecule has 0 atom stereocenters. The van der Waals surface area contributed by atoms with E-state index < -0.39 is 0 Å². The zero-order valence-electron chi connectivity index (χ0n) is 9.75. The molecule has 4 nitrogen and oxygen atoms in total. The van der Waals surface area contributed by atoms with Crippen molar-refractivity contribution in [3.63, 3.8) is 0 Å². The van der Waals surface area contributed by atoms with Crippen LogP contribution in [-0.4, -0.2) is 17.1 Å². The molecule has 0 aliphatic rings. The van der Waals surface area contributed by atoms with Crippen molar-refractivity contribution in [1.29, 1.82) is 0 Å². The van der Waals surface area contributed by atoms with Crippen LogP contribution < -0.4 is 10.5 Å². The van der Waals surface area contributed by atoms with Gasteiger partial charge in [0.15, 0.2) is 0 Å². The van der Waals surface area contributed by atoms with Gasteiger partial charge in [-0.3, -0.25) is 4.98 Å². The Labute approximate surface area is 108 Å². The number of benzene rings is 1. The van der Waals surface area contributed by atoms with Crippen LogP contribution >= 0.6 is 11.3 Å². The molecule has 0 unspecified atom stereocenters. The summed E-state index contributed by atoms with van der Waals surface area (Å²) in [5.74, 6) is 1.22. The molecule has 0 radical (unpaired) electrons. The predicted octanol–water partition coefficient (Wildman–Crippen LogP) is 2.95. The highest BCUT2D eigenvalue weighted by atomic mass is 32.1. The monoisotopic (exact) mass is 257 g/mol. The molecule has 0 aliphatic heterocycles. The highest BCUT2D eigenvalue weighted by molar-refractivity contribution is 7.13. The number of nitrogen functional groups attached to an aromatic ring is 1. The van der Waals surface area contributed by atoms with Gasteiger partial charge in [-0.15, -0.1) is 11.3 Å². The summed E-state index contributed by atoms with van der Waals surface area (Å²) in [5.41, 5.74) is 8.23. The molecule has 0 bridgehead atoms. The number of thiophene rings is 1. The van der Waals surface area contributed by atoms with Gasteiger partial charge in [-0.2, -0.15) is 0 Å². The van der Waals surface area contributed by atoms with E-state index in [1.807, 2.05) is 29.6 Å². The maximum Gasteiger partial charge on any atom is 0.142 e. The molecule has 2 N–H and O–H groups in total. The second-order valence-corrected chi connectivity index (χ2v) is 4.76. The molecule has 2 heterocycles. The maximum atomic E-state index is 5.66. The van der Waals surface area contributed by atoms with Crippen LogP contribution in [-0.2, 0) is 0 Å². The van der Waals surface area contributed by atoms with Crippen molar-refractivity contribution >= 4 is 28.2 Å². The van der Waals surface area contributed by atoms with E-state index in [4.69, 9.17) is 10.5 Å². The topological polar surface area (TPSA) is 61.0 Å². The second-order valence-electron chi connectivity index (χ2n) is 3.81. The average Bonchev–Trinajstić information content (AvgIpc) is 2.90. The van der Waals surface area contributed by atoms with Gasteiger partial charge in [0, 0.05) is 16.5 Å². The molecule has 3 aromatic rings. The molecule has 5 heteroatoms. The first-order chi connectivity index (χ1) is 8.78. The molecule has 3 rings (SSSR count). The Bertz CT molecular complexity index is 695. The Morgan fingerprint density at radius 2 is 2.17 bits per heavy atom. The number of ether oxygens (including phenoxy) is 1. The third kappa shape index (κ3) is 1.78. The summed E-state index contributed by atoms with van der Waals surface area (Å²) < 4.78 is 5.42.